The number of ether oxygens (including phenoxy) is 2. The number of nitrogens with one attached hydrogen (secondary N) is 1. The molecule has 2 aromatic rings. The number of halogens is 1. The third kappa shape index (κ3) is 6.15. The summed E-state index contributed by atoms with van der Waals surface area (Å²) in [7, 11) is 1.97. The number of hydrogen-bond donors (Lipinski definition) is 1. The number of likely N-dealkylation sites (tertiary alicyclic amines) is 1. The molecule has 1 heterocycles. The van der Waals surface area contributed by atoms with Crippen molar-refractivity contribution in [3.8, 4) is 11.5 Å². The van der Waals surface area contributed by atoms with Crippen LogP contribution in [0, 0.1) is 0 Å². The normalized spacial score (nSPS) is 14.3. The second kappa shape index (κ2) is 10.8. The second-order valence-corrected chi connectivity index (χ2v) is 6.45. The van der Waals surface area contributed by atoms with Gasteiger partial charge in [-0.1, -0.05) is 42.5 Å². The number of nitrogens with zero attached hydrogens (tertiary/aromatic N) is 1. The smallest absolute Gasteiger partial charge is 0.260 e. The van der Waals surface area contributed by atoms with Gasteiger partial charge in [0, 0.05) is 19.1 Å². The summed E-state index contributed by atoms with van der Waals surface area (Å²) < 4.78 is 11.6. The molecular formula is C21H27ClN2O3. The molecule has 0 aliphatic carbocycles. The van der Waals surface area contributed by atoms with Gasteiger partial charge in [0.05, 0.1) is 0 Å². The van der Waals surface area contributed by atoms with E-state index in [0.29, 0.717) is 24.1 Å². The average molecular weight is 391 g/mol. The zero-order chi connectivity index (χ0) is 18.2. The Balaban J connectivity index is 0.00000261. The Hall–Kier alpha value is -2.24. The Morgan fingerprint density at radius 3 is 2.22 bits per heavy atom. The van der Waals surface area contributed by atoms with Crippen LogP contribution in [0.15, 0.2) is 54.6 Å². The lowest BCUT2D eigenvalue weighted by atomic mass is 10.1. The van der Waals surface area contributed by atoms with E-state index >= 15 is 0 Å². The Labute approximate surface area is 167 Å². The lowest BCUT2D eigenvalue weighted by Gasteiger charge is -2.31. The second-order valence-electron chi connectivity index (χ2n) is 6.45. The molecule has 0 spiro atoms. The van der Waals surface area contributed by atoms with Crippen LogP contribution in [0.5, 0.6) is 11.5 Å². The highest BCUT2D eigenvalue weighted by molar-refractivity contribution is 5.85. The predicted octanol–water partition coefficient (Wildman–Crippen LogP) is 3.28. The van der Waals surface area contributed by atoms with Crippen LogP contribution in [0.3, 0.4) is 0 Å². The van der Waals surface area contributed by atoms with E-state index in [1.807, 2.05) is 66.5 Å². The molecule has 0 atom stereocenters. The summed E-state index contributed by atoms with van der Waals surface area (Å²) in [6, 6.07) is 18.0. The van der Waals surface area contributed by atoms with E-state index in [4.69, 9.17) is 9.47 Å². The van der Waals surface area contributed by atoms with Crippen LogP contribution in [0.2, 0.25) is 0 Å². The molecule has 5 nitrogen and oxygen atoms in total. The Bertz CT molecular complexity index is 704. The first-order chi connectivity index (χ1) is 12.8. The quantitative estimate of drug-likeness (QED) is 0.788. The zero-order valence-corrected chi connectivity index (χ0v) is 16.4. The van der Waals surface area contributed by atoms with Crippen LogP contribution in [-0.2, 0) is 11.4 Å². The van der Waals surface area contributed by atoms with Gasteiger partial charge in [0.2, 0.25) is 0 Å². The number of rotatable bonds is 7. The molecule has 2 aromatic carbocycles. The summed E-state index contributed by atoms with van der Waals surface area (Å²) in [5.74, 6) is 1.28. The molecule has 0 aromatic heterocycles. The van der Waals surface area contributed by atoms with Crippen molar-refractivity contribution < 1.29 is 14.3 Å². The molecule has 1 saturated heterocycles. The van der Waals surface area contributed by atoms with E-state index in [1.54, 1.807) is 0 Å². The van der Waals surface area contributed by atoms with Gasteiger partial charge in [0.25, 0.3) is 5.91 Å². The largest absolute Gasteiger partial charge is 0.485 e. The minimum atomic E-state index is 0. The summed E-state index contributed by atoms with van der Waals surface area (Å²) in [6.45, 7) is 2.06. The fraction of sp³-hybridized carbons (Fsp3) is 0.381. The molecule has 6 heteroatoms. The summed E-state index contributed by atoms with van der Waals surface area (Å²) in [5, 5.41) is 3.27. The molecule has 1 amide bonds. The van der Waals surface area contributed by atoms with E-state index < -0.39 is 0 Å². The molecule has 1 N–H and O–H groups in total. The van der Waals surface area contributed by atoms with E-state index in [-0.39, 0.29) is 24.9 Å². The number of amides is 1. The number of benzene rings is 2. The van der Waals surface area contributed by atoms with Crippen molar-refractivity contribution in [1.29, 1.82) is 0 Å². The maximum absolute atomic E-state index is 12.4. The van der Waals surface area contributed by atoms with Crippen LogP contribution in [0.1, 0.15) is 18.4 Å². The van der Waals surface area contributed by atoms with Crippen LogP contribution >= 0.6 is 12.4 Å². The molecule has 0 unspecified atom stereocenters. The molecule has 0 radical (unpaired) electrons. The van der Waals surface area contributed by atoms with Crippen molar-refractivity contribution in [2.24, 2.45) is 0 Å². The van der Waals surface area contributed by atoms with E-state index in [0.717, 1.165) is 31.5 Å². The molecule has 0 saturated carbocycles. The van der Waals surface area contributed by atoms with Crippen molar-refractivity contribution in [3.05, 3.63) is 60.2 Å². The predicted molar refractivity (Wildman–Crippen MR) is 109 cm³/mol. The van der Waals surface area contributed by atoms with Gasteiger partial charge in [-0.15, -0.1) is 12.4 Å². The molecule has 1 fully saturated rings. The van der Waals surface area contributed by atoms with Gasteiger partial charge in [-0.3, -0.25) is 4.79 Å². The number of carbonyl (C=O) groups excluding carboxylic acids is 1. The van der Waals surface area contributed by atoms with Crippen LogP contribution in [-0.4, -0.2) is 43.6 Å². The third-order valence-electron chi connectivity index (χ3n) is 4.69. The standard InChI is InChI=1S/C21H26N2O3.ClH/c1-22-18-11-13-23(14-12-18)21(24)16-26-20-10-6-5-9-19(20)25-15-17-7-3-2-4-8-17;/h2-10,18,22H,11-16H2,1H3;1H. The molecular weight excluding hydrogens is 364 g/mol. The van der Waals surface area contributed by atoms with Crippen molar-refractivity contribution in [1.82, 2.24) is 10.2 Å². The average Bonchev–Trinajstić information content (AvgIpc) is 2.72. The van der Waals surface area contributed by atoms with Gasteiger partial charge in [0.15, 0.2) is 18.1 Å². The van der Waals surface area contributed by atoms with Gasteiger partial charge < -0.3 is 19.7 Å². The van der Waals surface area contributed by atoms with Crippen molar-refractivity contribution in [2.45, 2.75) is 25.5 Å². The number of hydrogen-bond acceptors (Lipinski definition) is 4. The molecule has 3 rings (SSSR count). The van der Waals surface area contributed by atoms with Crippen molar-refractivity contribution >= 4 is 18.3 Å². The molecule has 1 aliphatic heterocycles. The minimum Gasteiger partial charge on any atom is -0.485 e. The zero-order valence-electron chi connectivity index (χ0n) is 15.6. The summed E-state index contributed by atoms with van der Waals surface area (Å²) in [6.07, 6.45) is 1.97. The first-order valence-corrected chi connectivity index (χ1v) is 9.10. The molecule has 1 aliphatic rings. The molecule has 0 bridgehead atoms. The number of piperidine rings is 1. The fourth-order valence-electron chi connectivity index (χ4n) is 3.07. The highest BCUT2D eigenvalue weighted by Crippen LogP contribution is 2.27. The van der Waals surface area contributed by atoms with Crippen molar-refractivity contribution in [2.75, 3.05) is 26.7 Å². The highest BCUT2D eigenvalue weighted by Gasteiger charge is 2.22. The van der Waals surface area contributed by atoms with E-state index in [2.05, 4.69) is 5.32 Å². The summed E-state index contributed by atoms with van der Waals surface area (Å²) in [4.78, 5) is 14.3. The molecule has 146 valence electrons. The first kappa shape index (κ1) is 21.1. The van der Waals surface area contributed by atoms with Gasteiger partial charge in [-0.05, 0) is 37.6 Å². The number of carbonyl (C=O) groups is 1. The monoisotopic (exact) mass is 390 g/mol. The summed E-state index contributed by atoms with van der Waals surface area (Å²) >= 11 is 0. The summed E-state index contributed by atoms with van der Waals surface area (Å²) in [5.41, 5.74) is 1.09. The maximum Gasteiger partial charge on any atom is 0.260 e. The van der Waals surface area contributed by atoms with E-state index in [9.17, 15) is 4.79 Å². The Morgan fingerprint density at radius 2 is 1.59 bits per heavy atom. The van der Waals surface area contributed by atoms with Gasteiger partial charge in [-0.25, -0.2) is 0 Å². The van der Waals surface area contributed by atoms with Gasteiger partial charge in [0.1, 0.15) is 6.61 Å². The van der Waals surface area contributed by atoms with Crippen molar-refractivity contribution in [3.63, 3.8) is 0 Å². The van der Waals surface area contributed by atoms with E-state index in [1.165, 1.54) is 0 Å². The Morgan fingerprint density at radius 1 is 1.00 bits per heavy atom. The van der Waals surface area contributed by atoms with Crippen LogP contribution in [0.4, 0.5) is 0 Å². The highest BCUT2D eigenvalue weighted by atomic mass is 35.5. The Kier molecular flexibility index (Phi) is 8.43. The topological polar surface area (TPSA) is 50.8 Å². The SMILES string of the molecule is CNC1CCN(C(=O)COc2ccccc2OCc2ccccc2)CC1.Cl. The van der Waals surface area contributed by atoms with Crippen LogP contribution < -0.4 is 14.8 Å². The fourth-order valence-corrected chi connectivity index (χ4v) is 3.07. The minimum absolute atomic E-state index is 0. The van der Waals surface area contributed by atoms with Gasteiger partial charge in [-0.2, -0.15) is 0 Å². The third-order valence-corrected chi connectivity index (χ3v) is 4.69. The lowest BCUT2D eigenvalue weighted by molar-refractivity contribution is -0.134. The maximum atomic E-state index is 12.4. The van der Waals surface area contributed by atoms with Crippen LogP contribution in [0.25, 0.3) is 0 Å². The number of para-hydroxylation sites is 2. The first-order valence-electron chi connectivity index (χ1n) is 9.10. The lowest BCUT2D eigenvalue weighted by Crippen LogP contribution is -2.45. The van der Waals surface area contributed by atoms with Gasteiger partial charge >= 0.3 is 0 Å². The molecule has 27 heavy (non-hydrogen) atoms.